The first kappa shape index (κ1) is 26.9. The molecule has 8 atom stereocenters. The highest BCUT2D eigenvalue weighted by atomic mass is 16.5. The molecule has 4 aliphatic carbocycles. The Morgan fingerprint density at radius 3 is 2.67 bits per heavy atom. The third-order valence-corrected chi connectivity index (χ3v) is 15.6. The maximum atomic E-state index is 14.2. The zero-order valence-electron chi connectivity index (χ0n) is 27.4. The highest BCUT2D eigenvalue weighted by Gasteiger charge is 2.81. The van der Waals surface area contributed by atoms with Crippen LogP contribution in [0.4, 0.5) is 11.4 Å². The number of hydrogen-bond donors (Lipinski definition) is 1. The van der Waals surface area contributed by atoms with Crippen LogP contribution >= 0.6 is 0 Å². The van der Waals surface area contributed by atoms with Crippen LogP contribution in [0.5, 0.6) is 0 Å². The van der Waals surface area contributed by atoms with Gasteiger partial charge in [-0.2, -0.15) is 0 Å². The molecule has 4 saturated heterocycles. The van der Waals surface area contributed by atoms with Gasteiger partial charge in [-0.1, -0.05) is 48.0 Å². The number of esters is 1. The number of ether oxygens (including phenoxy) is 1. The molecule has 6 nitrogen and oxygen atoms in total. The molecule has 238 valence electrons. The second kappa shape index (κ2) is 8.68. The molecule has 6 aliphatic heterocycles. The Labute approximate surface area is 272 Å². The molecule has 46 heavy (non-hydrogen) atoms. The topological polar surface area (TPSA) is 48.0 Å². The average molecular weight is 615 g/mol. The number of para-hydroxylation sites is 2. The number of nitrogens with one attached hydrogen (secondary N) is 1. The second-order valence-corrected chi connectivity index (χ2v) is 16.4. The largest absolute Gasteiger partial charge is 0.469 e. The lowest BCUT2D eigenvalue weighted by molar-refractivity contribution is -0.175. The number of methoxy groups -OCH3 is 1. The molecule has 3 saturated carbocycles. The van der Waals surface area contributed by atoms with Gasteiger partial charge in [0.05, 0.1) is 24.0 Å². The lowest BCUT2D eigenvalue weighted by Gasteiger charge is -2.70. The van der Waals surface area contributed by atoms with Gasteiger partial charge in [0, 0.05) is 60.1 Å². The van der Waals surface area contributed by atoms with Gasteiger partial charge in [0.2, 0.25) is 0 Å². The molecule has 2 aromatic carbocycles. The fourth-order valence-electron chi connectivity index (χ4n) is 14.3. The number of rotatable bonds is 3. The average Bonchev–Trinajstić information content (AvgIpc) is 3.85. The first-order valence-electron chi connectivity index (χ1n) is 18.2. The Morgan fingerprint density at radius 1 is 0.978 bits per heavy atom. The minimum Gasteiger partial charge on any atom is -0.469 e. The highest BCUT2D eigenvalue weighted by Crippen LogP contribution is 2.76. The van der Waals surface area contributed by atoms with E-state index in [1.54, 1.807) is 18.3 Å². The van der Waals surface area contributed by atoms with E-state index in [0.29, 0.717) is 18.0 Å². The molecule has 4 spiro atoms. The van der Waals surface area contributed by atoms with E-state index < -0.39 is 0 Å². The van der Waals surface area contributed by atoms with Crippen molar-refractivity contribution < 1.29 is 9.53 Å². The Kier molecular flexibility index (Phi) is 5.08. The zero-order chi connectivity index (χ0) is 30.6. The Balaban J connectivity index is 1.16. The van der Waals surface area contributed by atoms with E-state index in [1.807, 2.05) is 0 Å². The molecule has 12 rings (SSSR count). The van der Waals surface area contributed by atoms with E-state index in [1.165, 1.54) is 66.8 Å². The van der Waals surface area contributed by atoms with E-state index in [0.717, 1.165) is 45.4 Å². The monoisotopic (exact) mass is 614 g/mol. The molecular formula is C40H46N4O2. The van der Waals surface area contributed by atoms with Crippen LogP contribution in [0, 0.1) is 17.3 Å². The number of fused-ring (bicyclic) bond motifs is 5. The van der Waals surface area contributed by atoms with E-state index in [4.69, 9.17) is 4.74 Å². The van der Waals surface area contributed by atoms with Crippen molar-refractivity contribution >= 4 is 17.3 Å². The lowest BCUT2D eigenvalue weighted by Crippen LogP contribution is -2.79. The van der Waals surface area contributed by atoms with Gasteiger partial charge in [-0.25, -0.2) is 0 Å². The Hall–Kier alpha value is -3.09. The standard InChI is InChI=1S/C40H46N4O2/c1-3-25-23-43-19-16-38-28-9-4-6-11-31(28)41-34(38)27(26(25)21-33(38)43)24-44-32-12-7-5-10-29(32)39-17-20-42-18-8-13-37(36(39)42)14-15-40(39,44)30(22-37)35(45)46-2/h3-7,9-12,26,30,33,36,41H,8,13-24H2,1-2H3/b25-3-/t26-,30-,33-,36-,37+,38+,39+,40+/m0/s1. The van der Waals surface area contributed by atoms with E-state index >= 15 is 0 Å². The van der Waals surface area contributed by atoms with Crippen LogP contribution in [0.2, 0.25) is 0 Å². The maximum absolute atomic E-state index is 14.2. The van der Waals surface area contributed by atoms with Crippen molar-refractivity contribution in [3.05, 3.63) is 82.6 Å². The van der Waals surface area contributed by atoms with Crippen molar-refractivity contribution in [3.63, 3.8) is 0 Å². The fraction of sp³-hybridized carbons (Fsp3) is 0.575. The van der Waals surface area contributed by atoms with Crippen LogP contribution in [-0.4, -0.2) is 73.2 Å². The lowest BCUT2D eigenvalue weighted by atomic mass is 9.38. The molecule has 0 amide bonds. The summed E-state index contributed by atoms with van der Waals surface area (Å²) in [6, 6.07) is 19.6. The van der Waals surface area contributed by atoms with E-state index in [-0.39, 0.29) is 33.7 Å². The predicted octanol–water partition coefficient (Wildman–Crippen LogP) is 6.00. The van der Waals surface area contributed by atoms with Gasteiger partial charge >= 0.3 is 5.97 Å². The number of allylic oxidation sites excluding steroid dienone is 1. The van der Waals surface area contributed by atoms with Crippen molar-refractivity contribution in [3.8, 4) is 0 Å². The van der Waals surface area contributed by atoms with Crippen LogP contribution in [0.3, 0.4) is 0 Å². The van der Waals surface area contributed by atoms with Gasteiger partial charge < -0.3 is 15.0 Å². The molecule has 4 bridgehead atoms. The minimum atomic E-state index is -0.266. The summed E-state index contributed by atoms with van der Waals surface area (Å²) in [5.41, 5.74) is 10.4. The Morgan fingerprint density at radius 2 is 1.80 bits per heavy atom. The number of piperidine rings is 2. The van der Waals surface area contributed by atoms with Crippen molar-refractivity contribution in [2.24, 2.45) is 17.3 Å². The molecule has 0 radical (unpaired) electrons. The highest BCUT2D eigenvalue weighted by molar-refractivity contribution is 5.82. The molecule has 2 aromatic rings. The number of benzene rings is 2. The summed E-state index contributed by atoms with van der Waals surface area (Å²) >= 11 is 0. The molecule has 1 N–H and O–H groups in total. The molecule has 7 fully saturated rings. The number of nitrogens with zero attached hydrogens (tertiary/aromatic N) is 3. The number of carbonyl (C=O) groups excluding carboxylic acids is 1. The summed E-state index contributed by atoms with van der Waals surface area (Å²) in [5.74, 6) is 0.361. The van der Waals surface area contributed by atoms with Crippen molar-refractivity contribution in [2.75, 3.05) is 50.1 Å². The van der Waals surface area contributed by atoms with Gasteiger partial charge in [0.25, 0.3) is 0 Å². The Bertz CT molecular complexity index is 1780. The third-order valence-electron chi connectivity index (χ3n) is 15.6. The molecule has 0 unspecified atom stereocenters. The van der Waals surface area contributed by atoms with Crippen molar-refractivity contribution in [1.82, 2.24) is 9.80 Å². The quantitative estimate of drug-likeness (QED) is 0.338. The smallest absolute Gasteiger partial charge is 0.311 e. The van der Waals surface area contributed by atoms with Crippen molar-refractivity contribution in [1.29, 1.82) is 0 Å². The van der Waals surface area contributed by atoms with Gasteiger partial charge in [-0.15, -0.1) is 0 Å². The van der Waals surface area contributed by atoms with Crippen LogP contribution in [0.25, 0.3) is 0 Å². The maximum Gasteiger partial charge on any atom is 0.311 e. The second-order valence-electron chi connectivity index (χ2n) is 16.4. The zero-order valence-corrected chi connectivity index (χ0v) is 27.4. The summed E-state index contributed by atoms with van der Waals surface area (Å²) in [7, 11) is 1.64. The molecule has 10 aliphatic rings. The minimum absolute atomic E-state index is 0.0289. The first-order valence-corrected chi connectivity index (χ1v) is 18.2. The van der Waals surface area contributed by atoms with Gasteiger partial charge in [-0.3, -0.25) is 14.6 Å². The summed E-state index contributed by atoms with van der Waals surface area (Å²) in [5, 5.41) is 4.11. The van der Waals surface area contributed by atoms with E-state index in [2.05, 4.69) is 81.5 Å². The van der Waals surface area contributed by atoms with Gasteiger partial charge in [0.1, 0.15) is 0 Å². The molecule has 0 aromatic heterocycles. The summed E-state index contributed by atoms with van der Waals surface area (Å²) in [4.78, 5) is 22.7. The molecule has 6 heteroatoms. The number of hydrogen-bond acceptors (Lipinski definition) is 6. The van der Waals surface area contributed by atoms with E-state index in [9.17, 15) is 4.79 Å². The third kappa shape index (κ3) is 2.72. The molecule has 6 heterocycles. The SMILES string of the molecule is C/C=C1/CN2CC[C@]34C(=C(CN5c6ccccc6[C@@]67CCN8CCC[C@]9(CC[C@]56[C@H](C(=O)OC)C9)[C@H]87)[C@H]1C[C@H]23)Nc1ccccc14. The predicted molar refractivity (Wildman–Crippen MR) is 180 cm³/mol. The fourth-order valence-corrected chi connectivity index (χ4v) is 14.3. The summed E-state index contributed by atoms with van der Waals surface area (Å²) in [6.07, 6.45) is 11.8. The van der Waals surface area contributed by atoms with Crippen LogP contribution in [0.1, 0.15) is 69.4 Å². The van der Waals surface area contributed by atoms with Crippen molar-refractivity contribution in [2.45, 2.75) is 86.7 Å². The number of carbonyl (C=O) groups is 1. The van der Waals surface area contributed by atoms with Crippen LogP contribution in [-0.2, 0) is 20.4 Å². The first-order chi connectivity index (χ1) is 22.5. The molecular weight excluding hydrogens is 568 g/mol. The van der Waals surface area contributed by atoms with Crippen LogP contribution < -0.4 is 10.2 Å². The summed E-state index contributed by atoms with van der Waals surface area (Å²) in [6.45, 7) is 7.75. The van der Waals surface area contributed by atoms with Crippen LogP contribution in [0.15, 0.2) is 71.5 Å². The van der Waals surface area contributed by atoms with Gasteiger partial charge in [-0.05, 0) is 106 Å². The normalized spacial score (nSPS) is 43.3. The summed E-state index contributed by atoms with van der Waals surface area (Å²) < 4.78 is 5.79. The number of anilines is 2. The van der Waals surface area contributed by atoms with Gasteiger partial charge in [0.15, 0.2) is 0 Å².